The minimum Gasteiger partial charge on any atom is -0.411 e. The summed E-state index contributed by atoms with van der Waals surface area (Å²) in [6, 6.07) is 0.382. The molecule has 4 heteroatoms. The molecule has 3 heterocycles. The van der Waals surface area contributed by atoms with Crippen LogP contribution in [0, 0.1) is 5.92 Å². The predicted molar refractivity (Wildman–Crippen MR) is 50.2 cm³/mol. The lowest BCUT2D eigenvalue weighted by Crippen LogP contribution is -2.53. The Bertz CT molecular complexity index is 183. The smallest absolute Gasteiger partial charge is 0.0770 e. The van der Waals surface area contributed by atoms with Crippen LogP contribution in [-0.4, -0.2) is 35.0 Å². The van der Waals surface area contributed by atoms with E-state index < -0.39 is 0 Å². The molecule has 70 valence electrons. The molecule has 0 aromatic rings. The van der Waals surface area contributed by atoms with Gasteiger partial charge in [-0.15, -0.1) is 12.4 Å². The van der Waals surface area contributed by atoms with Gasteiger partial charge in [0.15, 0.2) is 0 Å². The standard InChI is InChI=1S/C8H14N2O.ClH/c1-6-8(9-11)7-2-4-10(6)5-3-7;/h6-7,11H,2-5H2,1H3;1H/b9-8-;. The molecule has 2 bridgehead atoms. The second-order valence-electron chi connectivity index (χ2n) is 3.51. The van der Waals surface area contributed by atoms with Crippen molar-refractivity contribution in [3.63, 3.8) is 0 Å². The molecule has 3 aliphatic heterocycles. The molecule has 3 nitrogen and oxygen atoms in total. The van der Waals surface area contributed by atoms with Gasteiger partial charge in [-0.2, -0.15) is 0 Å². The van der Waals surface area contributed by atoms with E-state index in [-0.39, 0.29) is 12.4 Å². The molecule has 1 unspecified atom stereocenters. The van der Waals surface area contributed by atoms with Crippen LogP contribution in [0.3, 0.4) is 0 Å². The number of halogens is 1. The molecule has 0 aromatic carbocycles. The van der Waals surface area contributed by atoms with E-state index in [4.69, 9.17) is 5.21 Å². The van der Waals surface area contributed by atoms with Crippen molar-refractivity contribution in [3.05, 3.63) is 0 Å². The maximum atomic E-state index is 8.74. The fraction of sp³-hybridized carbons (Fsp3) is 0.875. The van der Waals surface area contributed by atoms with Gasteiger partial charge < -0.3 is 5.21 Å². The topological polar surface area (TPSA) is 35.8 Å². The Morgan fingerprint density at radius 1 is 1.42 bits per heavy atom. The molecule has 12 heavy (non-hydrogen) atoms. The molecule has 3 saturated heterocycles. The van der Waals surface area contributed by atoms with Crippen LogP contribution < -0.4 is 0 Å². The number of oxime groups is 1. The Labute approximate surface area is 78.8 Å². The summed E-state index contributed by atoms with van der Waals surface area (Å²) < 4.78 is 0. The Balaban J connectivity index is 0.000000720. The van der Waals surface area contributed by atoms with E-state index in [1.165, 1.54) is 25.9 Å². The monoisotopic (exact) mass is 190 g/mol. The maximum absolute atomic E-state index is 8.74. The first-order valence-corrected chi connectivity index (χ1v) is 4.29. The predicted octanol–water partition coefficient (Wildman–Crippen LogP) is 1.35. The highest BCUT2D eigenvalue weighted by Crippen LogP contribution is 2.29. The molecule has 0 radical (unpaired) electrons. The van der Waals surface area contributed by atoms with Crippen molar-refractivity contribution in [3.8, 4) is 0 Å². The average molecular weight is 191 g/mol. The van der Waals surface area contributed by atoms with E-state index in [2.05, 4.69) is 17.0 Å². The summed E-state index contributed by atoms with van der Waals surface area (Å²) in [5.74, 6) is 0.569. The van der Waals surface area contributed by atoms with E-state index in [0.29, 0.717) is 12.0 Å². The third-order valence-electron chi connectivity index (χ3n) is 3.04. The maximum Gasteiger partial charge on any atom is 0.0770 e. The summed E-state index contributed by atoms with van der Waals surface area (Å²) in [5.41, 5.74) is 1.00. The van der Waals surface area contributed by atoms with E-state index in [1.54, 1.807) is 0 Å². The van der Waals surface area contributed by atoms with Crippen LogP contribution >= 0.6 is 12.4 Å². The highest BCUT2D eigenvalue weighted by Gasteiger charge is 2.36. The second-order valence-corrected chi connectivity index (χ2v) is 3.51. The van der Waals surface area contributed by atoms with Gasteiger partial charge in [0, 0.05) is 12.0 Å². The molecule has 3 aliphatic rings. The Morgan fingerprint density at radius 3 is 2.33 bits per heavy atom. The summed E-state index contributed by atoms with van der Waals surface area (Å²) in [5, 5.41) is 12.1. The van der Waals surface area contributed by atoms with Gasteiger partial charge in [-0.3, -0.25) is 4.90 Å². The third-order valence-corrected chi connectivity index (χ3v) is 3.04. The first kappa shape index (κ1) is 9.81. The Hall–Kier alpha value is -0.280. The molecule has 3 rings (SSSR count). The highest BCUT2D eigenvalue weighted by atomic mass is 35.5. The zero-order valence-corrected chi connectivity index (χ0v) is 8.05. The Kier molecular flexibility index (Phi) is 2.96. The van der Waals surface area contributed by atoms with Crippen LogP contribution in [-0.2, 0) is 0 Å². The summed E-state index contributed by atoms with van der Waals surface area (Å²) >= 11 is 0. The molecule has 0 amide bonds. The van der Waals surface area contributed by atoms with Gasteiger partial charge in [-0.1, -0.05) is 5.16 Å². The van der Waals surface area contributed by atoms with Gasteiger partial charge in [-0.25, -0.2) is 0 Å². The zero-order chi connectivity index (χ0) is 7.84. The SMILES string of the molecule is CC1/C(=N/O)C2CCN1CC2.Cl. The highest BCUT2D eigenvalue weighted by molar-refractivity contribution is 5.92. The van der Waals surface area contributed by atoms with Gasteiger partial charge in [0.1, 0.15) is 0 Å². The van der Waals surface area contributed by atoms with Crippen molar-refractivity contribution in [2.24, 2.45) is 11.1 Å². The molecule has 0 aliphatic carbocycles. The molecule has 3 fully saturated rings. The van der Waals surface area contributed by atoms with Crippen molar-refractivity contribution < 1.29 is 5.21 Å². The van der Waals surface area contributed by atoms with Gasteiger partial charge in [-0.05, 0) is 32.9 Å². The normalized spacial score (nSPS) is 42.8. The summed E-state index contributed by atoms with van der Waals surface area (Å²) in [7, 11) is 0. The average Bonchev–Trinajstić information content (AvgIpc) is 2.06. The van der Waals surface area contributed by atoms with Crippen LogP contribution in [0.25, 0.3) is 0 Å². The van der Waals surface area contributed by atoms with Gasteiger partial charge in [0.2, 0.25) is 0 Å². The number of hydrogen-bond acceptors (Lipinski definition) is 3. The van der Waals surface area contributed by atoms with E-state index in [9.17, 15) is 0 Å². The van der Waals surface area contributed by atoms with E-state index in [0.717, 1.165) is 5.71 Å². The number of piperidine rings is 3. The molecular formula is C8H15ClN2O. The van der Waals surface area contributed by atoms with Gasteiger partial charge >= 0.3 is 0 Å². The Morgan fingerprint density at radius 2 is 2.00 bits per heavy atom. The lowest BCUT2D eigenvalue weighted by atomic mass is 9.82. The first-order valence-electron chi connectivity index (χ1n) is 4.29. The lowest BCUT2D eigenvalue weighted by molar-refractivity contribution is 0.147. The largest absolute Gasteiger partial charge is 0.411 e. The van der Waals surface area contributed by atoms with Crippen LogP contribution in [0.15, 0.2) is 5.16 Å². The van der Waals surface area contributed by atoms with E-state index in [1.807, 2.05) is 0 Å². The molecule has 0 aromatic heterocycles. The molecule has 1 atom stereocenters. The van der Waals surface area contributed by atoms with Crippen LogP contribution in [0.2, 0.25) is 0 Å². The number of nitrogens with zero attached hydrogens (tertiary/aromatic N) is 2. The second kappa shape index (κ2) is 3.62. The zero-order valence-electron chi connectivity index (χ0n) is 7.23. The summed E-state index contributed by atoms with van der Waals surface area (Å²) in [6.07, 6.45) is 2.37. The third kappa shape index (κ3) is 1.31. The molecular weight excluding hydrogens is 176 g/mol. The molecule has 0 spiro atoms. The quantitative estimate of drug-likeness (QED) is 0.463. The number of rotatable bonds is 0. The van der Waals surface area contributed by atoms with Crippen molar-refractivity contribution in [1.29, 1.82) is 0 Å². The van der Waals surface area contributed by atoms with Crippen molar-refractivity contribution in [2.75, 3.05) is 13.1 Å². The minimum absolute atomic E-state index is 0. The number of fused-ring (bicyclic) bond motifs is 3. The fourth-order valence-electron chi connectivity index (χ4n) is 2.28. The lowest BCUT2D eigenvalue weighted by Gasteiger charge is -2.44. The van der Waals surface area contributed by atoms with Crippen LogP contribution in [0.5, 0.6) is 0 Å². The molecule has 0 saturated carbocycles. The van der Waals surface area contributed by atoms with E-state index >= 15 is 0 Å². The molecule has 1 N–H and O–H groups in total. The van der Waals surface area contributed by atoms with Crippen LogP contribution in [0.1, 0.15) is 19.8 Å². The van der Waals surface area contributed by atoms with Gasteiger partial charge in [0.05, 0.1) is 5.71 Å². The van der Waals surface area contributed by atoms with Gasteiger partial charge in [0.25, 0.3) is 0 Å². The minimum atomic E-state index is 0. The number of hydrogen-bond donors (Lipinski definition) is 1. The summed E-state index contributed by atoms with van der Waals surface area (Å²) in [6.45, 7) is 4.50. The van der Waals surface area contributed by atoms with Crippen molar-refractivity contribution in [1.82, 2.24) is 4.90 Å². The van der Waals surface area contributed by atoms with Crippen molar-refractivity contribution in [2.45, 2.75) is 25.8 Å². The van der Waals surface area contributed by atoms with Crippen LogP contribution in [0.4, 0.5) is 0 Å². The fourth-order valence-corrected chi connectivity index (χ4v) is 2.28. The summed E-state index contributed by atoms with van der Waals surface area (Å²) in [4.78, 5) is 2.38. The first-order chi connectivity index (χ1) is 5.33. The van der Waals surface area contributed by atoms with Crippen molar-refractivity contribution >= 4 is 18.1 Å².